The molecule has 1 aromatic rings. The summed E-state index contributed by atoms with van der Waals surface area (Å²) in [6, 6.07) is 6.44. The molecule has 80 valence electrons. The predicted octanol–water partition coefficient (Wildman–Crippen LogP) is 1.60. The molecule has 0 saturated carbocycles. The minimum atomic E-state index is -0.404. The highest BCUT2D eigenvalue weighted by atomic mass is 16.6. The van der Waals surface area contributed by atoms with Crippen LogP contribution < -0.4 is 5.32 Å². The lowest BCUT2D eigenvalue weighted by molar-refractivity contribution is -0.384. The summed E-state index contributed by atoms with van der Waals surface area (Å²) in [6.07, 6.45) is 0.878. The smallest absolute Gasteiger partial charge is 0.269 e. The molecule has 5 heteroatoms. The van der Waals surface area contributed by atoms with E-state index in [-0.39, 0.29) is 11.9 Å². The Labute approximate surface area is 87.2 Å². The number of ether oxygens (including phenoxy) is 1. The molecule has 1 N–H and O–H groups in total. The fourth-order valence-electron chi connectivity index (χ4n) is 1.55. The summed E-state index contributed by atoms with van der Waals surface area (Å²) in [5, 5.41) is 13.6. The maximum absolute atomic E-state index is 10.4. The van der Waals surface area contributed by atoms with Gasteiger partial charge in [0.05, 0.1) is 11.5 Å². The van der Waals surface area contributed by atoms with Crippen molar-refractivity contribution in [3.8, 4) is 0 Å². The van der Waals surface area contributed by atoms with E-state index in [4.69, 9.17) is 4.74 Å². The van der Waals surface area contributed by atoms with E-state index >= 15 is 0 Å². The molecule has 1 aromatic carbocycles. The number of nitrogens with zero attached hydrogens (tertiary/aromatic N) is 1. The summed E-state index contributed by atoms with van der Waals surface area (Å²) in [6.45, 7) is 1.65. The van der Waals surface area contributed by atoms with E-state index in [1.54, 1.807) is 12.1 Å². The molecule has 0 aromatic heterocycles. The van der Waals surface area contributed by atoms with Crippen LogP contribution in [0.3, 0.4) is 0 Å². The van der Waals surface area contributed by atoms with Gasteiger partial charge in [-0.25, -0.2) is 0 Å². The largest absolute Gasteiger partial charge is 0.359 e. The van der Waals surface area contributed by atoms with Gasteiger partial charge >= 0.3 is 0 Å². The fraction of sp³-hybridized carbons (Fsp3) is 0.400. The Balaban J connectivity index is 2.11. The summed E-state index contributed by atoms with van der Waals surface area (Å²) < 4.78 is 5.48. The van der Waals surface area contributed by atoms with E-state index in [0.717, 1.165) is 25.1 Å². The van der Waals surface area contributed by atoms with Gasteiger partial charge in [-0.05, 0) is 24.1 Å². The number of benzene rings is 1. The third-order valence-corrected chi connectivity index (χ3v) is 2.34. The molecule has 2 rings (SSSR count). The lowest BCUT2D eigenvalue weighted by Crippen LogP contribution is -2.31. The van der Waals surface area contributed by atoms with Crippen LogP contribution in [0.25, 0.3) is 0 Å². The van der Waals surface area contributed by atoms with Crippen molar-refractivity contribution in [3.63, 3.8) is 0 Å². The van der Waals surface area contributed by atoms with Crippen molar-refractivity contribution < 1.29 is 9.66 Å². The van der Waals surface area contributed by atoms with E-state index in [1.807, 2.05) is 0 Å². The Morgan fingerprint density at radius 3 is 2.67 bits per heavy atom. The van der Waals surface area contributed by atoms with Gasteiger partial charge in [0.15, 0.2) is 0 Å². The van der Waals surface area contributed by atoms with Gasteiger partial charge in [0.2, 0.25) is 0 Å². The number of nitro groups is 1. The molecule has 1 heterocycles. The number of non-ortho nitro benzene ring substituents is 1. The Morgan fingerprint density at radius 1 is 1.40 bits per heavy atom. The van der Waals surface area contributed by atoms with E-state index in [2.05, 4.69) is 5.32 Å². The zero-order valence-electron chi connectivity index (χ0n) is 8.18. The summed E-state index contributed by atoms with van der Waals surface area (Å²) >= 11 is 0. The molecule has 1 saturated heterocycles. The molecule has 1 unspecified atom stereocenters. The van der Waals surface area contributed by atoms with Crippen LogP contribution in [0.4, 0.5) is 5.69 Å². The number of rotatable bonds is 2. The van der Waals surface area contributed by atoms with E-state index in [0.29, 0.717) is 0 Å². The third kappa shape index (κ3) is 2.31. The van der Waals surface area contributed by atoms with Crippen LogP contribution in [-0.4, -0.2) is 18.1 Å². The molecular formula is C10H12N2O3. The molecule has 0 amide bonds. The van der Waals surface area contributed by atoms with E-state index in [9.17, 15) is 10.1 Å². The highest BCUT2D eigenvalue weighted by Crippen LogP contribution is 2.20. The van der Waals surface area contributed by atoms with E-state index in [1.165, 1.54) is 12.1 Å². The monoisotopic (exact) mass is 208 g/mol. The molecule has 0 spiro atoms. The van der Waals surface area contributed by atoms with Crippen molar-refractivity contribution >= 4 is 5.69 Å². The summed E-state index contributed by atoms with van der Waals surface area (Å²) in [5.41, 5.74) is 1.04. The maximum atomic E-state index is 10.4. The van der Waals surface area contributed by atoms with Crippen LogP contribution in [0.15, 0.2) is 24.3 Å². The van der Waals surface area contributed by atoms with Crippen molar-refractivity contribution in [2.24, 2.45) is 0 Å². The van der Waals surface area contributed by atoms with Gasteiger partial charge in [-0.15, -0.1) is 0 Å². The highest BCUT2D eigenvalue weighted by Gasteiger charge is 2.15. The number of hydrogen-bond acceptors (Lipinski definition) is 4. The average molecular weight is 208 g/mol. The van der Waals surface area contributed by atoms with Crippen LogP contribution in [0.1, 0.15) is 18.2 Å². The molecule has 5 nitrogen and oxygen atoms in total. The van der Waals surface area contributed by atoms with Gasteiger partial charge in [0, 0.05) is 18.7 Å². The number of nitro benzene ring substituents is 1. The first-order valence-electron chi connectivity index (χ1n) is 4.87. The van der Waals surface area contributed by atoms with Crippen molar-refractivity contribution in [3.05, 3.63) is 39.9 Å². The van der Waals surface area contributed by atoms with Crippen LogP contribution in [0, 0.1) is 10.1 Å². The zero-order chi connectivity index (χ0) is 10.7. The Kier molecular flexibility index (Phi) is 2.94. The second-order valence-corrected chi connectivity index (χ2v) is 3.41. The first-order valence-corrected chi connectivity index (χ1v) is 4.87. The van der Waals surface area contributed by atoms with Crippen molar-refractivity contribution in [1.29, 1.82) is 0 Å². The van der Waals surface area contributed by atoms with Crippen molar-refractivity contribution in [2.75, 3.05) is 13.2 Å². The predicted molar refractivity (Wildman–Crippen MR) is 54.4 cm³/mol. The van der Waals surface area contributed by atoms with Gasteiger partial charge in [-0.3, -0.25) is 15.4 Å². The van der Waals surface area contributed by atoms with Crippen LogP contribution in [-0.2, 0) is 4.74 Å². The zero-order valence-corrected chi connectivity index (χ0v) is 8.18. The summed E-state index contributed by atoms with van der Waals surface area (Å²) in [5.74, 6) is 0. The molecular weight excluding hydrogens is 196 g/mol. The lowest BCUT2D eigenvalue weighted by Gasteiger charge is -2.24. The molecule has 0 radical (unpaired) electrons. The van der Waals surface area contributed by atoms with Gasteiger partial charge in [-0.1, -0.05) is 0 Å². The van der Waals surface area contributed by atoms with Crippen molar-refractivity contribution in [2.45, 2.75) is 12.6 Å². The minimum absolute atomic E-state index is 0.106. The Morgan fingerprint density at radius 2 is 2.13 bits per heavy atom. The Hall–Kier alpha value is -1.46. The number of nitrogens with one attached hydrogen (secondary N) is 1. The molecule has 0 bridgehead atoms. The van der Waals surface area contributed by atoms with Crippen LogP contribution in [0.5, 0.6) is 0 Å². The van der Waals surface area contributed by atoms with Crippen LogP contribution >= 0.6 is 0 Å². The van der Waals surface area contributed by atoms with Gasteiger partial charge in [0.1, 0.15) is 6.23 Å². The Bertz CT molecular complexity index is 344. The third-order valence-electron chi connectivity index (χ3n) is 2.34. The summed E-state index contributed by atoms with van der Waals surface area (Å²) in [4.78, 5) is 10.0. The van der Waals surface area contributed by atoms with Gasteiger partial charge in [-0.2, -0.15) is 0 Å². The minimum Gasteiger partial charge on any atom is -0.359 e. The lowest BCUT2D eigenvalue weighted by atomic mass is 10.1. The average Bonchev–Trinajstić information content (AvgIpc) is 2.30. The number of hydrogen-bond donors (Lipinski definition) is 1. The molecule has 1 aliphatic rings. The van der Waals surface area contributed by atoms with E-state index < -0.39 is 4.92 Å². The molecule has 1 atom stereocenters. The highest BCUT2D eigenvalue weighted by molar-refractivity contribution is 5.33. The van der Waals surface area contributed by atoms with Gasteiger partial charge < -0.3 is 4.74 Å². The maximum Gasteiger partial charge on any atom is 0.269 e. The second kappa shape index (κ2) is 4.37. The summed E-state index contributed by atoms with van der Waals surface area (Å²) in [7, 11) is 0. The topological polar surface area (TPSA) is 64.4 Å². The molecule has 15 heavy (non-hydrogen) atoms. The molecule has 1 aliphatic heterocycles. The quantitative estimate of drug-likeness (QED) is 0.592. The second-order valence-electron chi connectivity index (χ2n) is 3.41. The standard InChI is InChI=1S/C10H12N2O3/c13-12(14)9-4-2-8(3-5-9)10-11-6-1-7-15-10/h2-5,10-11H,1,6-7H2. The SMILES string of the molecule is O=[N+]([O-])c1ccc(C2NCCCO2)cc1. The first kappa shape index (κ1) is 10.1. The normalized spacial score (nSPS) is 21.2. The van der Waals surface area contributed by atoms with Crippen LogP contribution in [0.2, 0.25) is 0 Å². The molecule has 1 fully saturated rings. The van der Waals surface area contributed by atoms with Gasteiger partial charge in [0.25, 0.3) is 5.69 Å². The molecule has 0 aliphatic carbocycles. The first-order chi connectivity index (χ1) is 7.27. The fourth-order valence-corrected chi connectivity index (χ4v) is 1.55. The van der Waals surface area contributed by atoms with Crippen molar-refractivity contribution in [1.82, 2.24) is 5.32 Å².